The van der Waals surface area contributed by atoms with Crippen molar-refractivity contribution in [2.75, 3.05) is 41.6 Å². The van der Waals surface area contributed by atoms with Gasteiger partial charge >= 0.3 is 0 Å². The van der Waals surface area contributed by atoms with Crippen molar-refractivity contribution in [1.29, 1.82) is 0 Å². The van der Waals surface area contributed by atoms with Crippen molar-refractivity contribution in [2.24, 2.45) is 0 Å². The van der Waals surface area contributed by atoms with E-state index < -0.39 is 9.84 Å². The first-order chi connectivity index (χ1) is 8.35. The second-order valence-electron chi connectivity index (χ2n) is 4.46. The minimum atomic E-state index is -2.93. The standard InChI is InChI=1S/C9H16N6O2S/c1-15(2)9-13-7(10)12-8(14-9)11-6-3-4-18(16,17)5-6/h6H,3-5H2,1-2H3,(H3,10,11,12,13,14). The van der Waals surface area contributed by atoms with E-state index in [1.54, 1.807) is 19.0 Å². The number of anilines is 3. The Hall–Kier alpha value is -1.64. The molecule has 1 aliphatic rings. The minimum absolute atomic E-state index is 0.107. The molecular formula is C9H16N6O2S. The molecule has 8 nitrogen and oxygen atoms in total. The van der Waals surface area contributed by atoms with Gasteiger partial charge in [0.1, 0.15) is 0 Å². The SMILES string of the molecule is CN(C)c1nc(N)nc(NC2CCS(=O)(=O)C2)n1. The maximum absolute atomic E-state index is 11.3. The Labute approximate surface area is 106 Å². The lowest BCUT2D eigenvalue weighted by Gasteiger charge is -2.14. The van der Waals surface area contributed by atoms with Crippen LogP contribution >= 0.6 is 0 Å². The molecule has 0 radical (unpaired) electrons. The van der Waals surface area contributed by atoms with Crippen LogP contribution in [0.4, 0.5) is 17.8 Å². The summed E-state index contributed by atoms with van der Waals surface area (Å²) in [5.41, 5.74) is 5.58. The Bertz CT molecular complexity index is 544. The highest BCUT2D eigenvalue weighted by molar-refractivity contribution is 7.91. The van der Waals surface area contributed by atoms with Gasteiger partial charge in [-0.25, -0.2) is 8.42 Å². The first kappa shape index (κ1) is 12.8. The van der Waals surface area contributed by atoms with Gasteiger partial charge in [-0.15, -0.1) is 0 Å². The van der Waals surface area contributed by atoms with Crippen LogP contribution in [0.3, 0.4) is 0 Å². The van der Waals surface area contributed by atoms with Gasteiger partial charge in [0, 0.05) is 20.1 Å². The lowest BCUT2D eigenvalue weighted by atomic mass is 10.3. The van der Waals surface area contributed by atoms with Crippen LogP contribution in [0.25, 0.3) is 0 Å². The quantitative estimate of drug-likeness (QED) is 0.729. The van der Waals surface area contributed by atoms with E-state index >= 15 is 0 Å². The number of nitrogens with zero attached hydrogens (tertiary/aromatic N) is 4. The van der Waals surface area contributed by atoms with Crippen molar-refractivity contribution >= 4 is 27.7 Å². The minimum Gasteiger partial charge on any atom is -0.368 e. The van der Waals surface area contributed by atoms with Crippen molar-refractivity contribution in [3.05, 3.63) is 0 Å². The first-order valence-electron chi connectivity index (χ1n) is 5.51. The number of nitrogen functional groups attached to an aromatic ring is 1. The zero-order valence-corrected chi connectivity index (χ0v) is 11.1. The normalized spacial score (nSPS) is 21.8. The fraction of sp³-hybridized carbons (Fsp3) is 0.667. The fourth-order valence-corrected chi connectivity index (χ4v) is 3.41. The number of sulfone groups is 1. The summed E-state index contributed by atoms with van der Waals surface area (Å²) in [6, 6.07) is -0.160. The van der Waals surface area contributed by atoms with E-state index in [1.165, 1.54) is 0 Å². The summed E-state index contributed by atoms with van der Waals surface area (Å²) >= 11 is 0. The van der Waals surface area contributed by atoms with Gasteiger partial charge in [0.25, 0.3) is 0 Å². The zero-order chi connectivity index (χ0) is 13.3. The summed E-state index contributed by atoms with van der Waals surface area (Å²) < 4.78 is 22.7. The highest BCUT2D eigenvalue weighted by atomic mass is 32.2. The molecule has 0 spiro atoms. The summed E-state index contributed by atoms with van der Waals surface area (Å²) in [4.78, 5) is 13.8. The van der Waals surface area contributed by atoms with Crippen LogP contribution in [-0.2, 0) is 9.84 Å². The van der Waals surface area contributed by atoms with Crippen molar-refractivity contribution < 1.29 is 8.42 Å². The molecule has 9 heteroatoms. The Morgan fingerprint density at radius 2 is 2.06 bits per heavy atom. The third-order valence-corrected chi connectivity index (χ3v) is 4.37. The molecule has 0 saturated carbocycles. The molecular weight excluding hydrogens is 256 g/mol. The van der Waals surface area contributed by atoms with Crippen LogP contribution in [0.15, 0.2) is 0 Å². The summed E-state index contributed by atoms with van der Waals surface area (Å²) in [6.45, 7) is 0. The van der Waals surface area contributed by atoms with Gasteiger partial charge in [0.05, 0.1) is 11.5 Å². The number of nitrogens with one attached hydrogen (secondary N) is 1. The van der Waals surface area contributed by atoms with Gasteiger partial charge in [-0.3, -0.25) is 0 Å². The Kier molecular flexibility index (Phi) is 3.24. The molecule has 1 fully saturated rings. The molecule has 1 unspecified atom stereocenters. The molecule has 0 amide bonds. The molecule has 2 rings (SSSR count). The molecule has 1 saturated heterocycles. The monoisotopic (exact) mass is 272 g/mol. The predicted molar refractivity (Wildman–Crippen MR) is 69.2 cm³/mol. The van der Waals surface area contributed by atoms with Gasteiger partial charge in [-0.1, -0.05) is 0 Å². The molecule has 1 atom stereocenters. The van der Waals surface area contributed by atoms with Crippen molar-refractivity contribution in [3.63, 3.8) is 0 Å². The van der Waals surface area contributed by atoms with Crippen LogP contribution < -0.4 is 16.0 Å². The van der Waals surface area contributed by atoms with Crippen molar-refractivity contribution in [3.8, 4) is 0 Å². The maximum Gasteiger partial charge on any atom is 0.231 e. The lowest BCUT2D eigenvalue weighted by molar-refractivity contribution is 0.602. The number of hydrogen-bond acceptors (Lipinski definition) is 8. The molecule has 1 aromatic rings. The number of rotatable bonds is 3. The van der Waals surface area contributed by atoms with Gasteiger partial charge in [-0.2, -0.15) is 15.0 Å². The number of aromatic nitrogens is 3. The van der Waals surface area contributed by atoms with Crippen LogP contribution in [0.1, 0.15) is 6.42 Å². The topological polar surface area (TPSA) is 114 Å². The zero-order valence-electron chi connectivity index (χ0n) is 10.3. The average Bonchev–Trinajstić information content (AvgIpc) is 2.57. The van der Waals surface area contributed by atoms with E-state index in [2.05, 4.69) is 20.3 Å². The van der Waals surface area contributed by atoms with Crippen LogP contribution in [0.5, 0.6) is 0 Å². The highest BCUT2D eigenvalue weighted by Crippen LogP contribution is 2.16. The molecule has 1 aromatic heterocycles. The largest absolute Gasteiger partial charge is 0.368 e. The molecule has 0 aromatic carbocycles. The van der Waals surface area contributed by atoms with Gasteiger partial charge in [0.15, 0.2) is 9.84 Å². The molecule has 1 aliphatic heterocycles. The first-order valence-corrected chi connectivity index (χ1v) is 7.34. The summed E-state index contributed by atoms with van der Waals surface area (Å²) in [6.07, 6.45) is 0.561. The van der Waals surface area contributed by atoms with Crippen molar-refractivity contribution in [2.45, 2.75) is 12.5 Å². The van der Waals surface area contributed by atoms with Crippen LogP contribution in [-0.4, -0.2) is 55.0 Å². The lowest BCUT2D eigenvalue weighted by Crippen LogP contribution is -2.23. The summed E-state index contributed by atoms with van der Waals surface area (Å²) in [5, 5.41) is 2.98. The van der Waals surface area contributed by atoms with Crippen LogP contribution in [0.2, 0.25) is 0 Å². The maximum atomic E-state index is 11.3. The molecule has 3 N–H and O–H groups in total. The Morgan fingerprint density at radius 1 is 1.33 bits per heavy atom. The summed E-state index contributed by atoms with van der Waals surface area (Å²) in [7, 11) is 0.653. The van der Waals surface area contributed by atoms with E-state index in [4.69, 9.17) is 5.73 Å². The number of hydrogen-bond donors (Lipinski definition) is 2. The molecule has 18 heavy (non-hydrogen) atoms. The van der Waals surface area contributed by atoms with E-state index in [-0.39, 0.29) is 23.5 Å². The van der Waals surface area contributed by atoms with E-state index in [0.29, 0.717) is 18.3 Å². The second-order valence-corrected chi connectivity index (χ2v) is 6.68. The van der Waals surface area contributed by atoms with E-state index in [9.17, 15) is 8.42 Å². The Morgan fingerprint density at radius 3 is 2.61 bits per heavy atom. The third kappa shape index (κ3) is 2.97. The third-order valence-electron chi connectivity index (χ3n) is 2.61. The van der Waals surface area contributed by atoms with Crippen LogP contribution in [0, 0.1) is 0 Å². The highest BCUT2D eigenvalue weighted by Gasteiger charge is 2.28. The number of nitrogens with two attached hydrogens (primary N) is 1. The predicted octanol–water partition coefficient (Wildman–Crippen LogP) is -0.881. The van der Waals surface area contributed by atoms with E-state index in [0.717, 1.165) is 0 Å². The smallest absolute Gasteiger partial charge is 0.231 e. The Balaban J connectivity index is 2.15. The molecule has 0 aliphatic carbocycles. The van der Waals surface area contributed by atoms with E-state index in [1.807, 2.05) is 0 Å². The fourth-order valence-electron chi connectivity index (χ4n) is 1.74. The molecule has 100 valence electrons. The van der Waals surface area contributed by atoms with Gasteiger partial charge < -0.3 is 16.0 Å². The van der Waals surface area contributed by atoms with Crippen molar-refractivity contribution in [1.82, 2.24) is 15.0 Å². The molecule has 2 heterocycles. The second kappa shape index (κ2) is 4.56. The summed E-state index contributed by atoms with van der Waals surface area (Å²) in [5.74, 6) is 1.16. The molecule has 0 bridgehead atoms. The average molecular weight is 272 g/mol. The van der Waals surface area contributed by atoms with Gasteiger partial charge in [0.2, 0.25) is 17.8 Å². The van der Waals surface area contributed by atoms with Gasteiger partial charge in [-0.05, 0) is 6.42 Å².